The average molecular weight is 322 g/mol. The van der Waals surface area contributed by atoms with Crippen molar-refractivity contribution in [1.29, 1.82) is 0 Å². The molecule has 1 N–H and O–H groups in total. The molecule has 0 aliphatic carbocycles. The number of hydrogen-bond donors (Lipinski definition) is 1. The Labute approximate surface area is 135 Å². The highest BCUT2D eigenvalue weighted by atomic mass is 19.1. The molecule has 1 aromatic rings. The number of ether oxygens (including phenoxy) is 1. The second-order valence-electron chi connectivity index (χ2n) is 5.80. The maximum absolute atomic E-state index is 13.1. The van der Waals surface area contributed by atoms with Crippen LogP contribution in [-0.2, 0) is 14.3 Å². The molecule has 0 saturated carbocycles. The lowest BCUT2D eigenvalue weighted by Gasteiger charge is -2.31. The number of anilines is 1. The summed E-state index contributed by atoms with van der Waals surface area (Å²) in [5, 5.41) is 2.77. The Morgan fingerprint density at radius 1 is 1.35 bits per heavy atom. The fourth-order valence-electron chi connectivity index (χ4n) is 2.78. The van der Waals surface area contributed by atoms with E-state index in [1.807, 2.05) is 0 Å². The molecule has 23 heavy (non-hydrogen) atoms. The van der Waals surface area contributed by atoms with Crippen LogP contribution in [0.25, 0.3) is 0 Å². The van der Waals surface area contributed by atoms with E-state index < -0.39 is 0 Å². The third-order valence-corrected chi connectivity index (χ3v) is 4.13. The van der Waals surface area contributed by atoms with Gasteiger partial charge in [-0.3, -0.25) is 9.59 Å². The summed E-state index contributed by atoms with van der Waals surface area (Å²) in [4.78, 5) is 25.5. The second kappa shape index (κ2) is 8.62. The van der Waals surface area contributed by atoms with Crippen LogP contribution in [0.3, 0.4) is 0 Å². The van der Waals surface area contributed by atoms with Gasteiger partial charge in [-0.2, -0.15) is 0 Å². The standard InChI is InChI=1S/C17H23FN2O3/c1-23-16(21)6-3-9-20-10-7-13(8-11-20)17(22)19-15-5-2-4-14(18)12-15/h2,4-5,12-13H,3,6-11H2,1H3,(H,19,22). The smallest absolute Gasteiger partial charge is 0.305 e. The molecule has 1 saturated heterocycles. The first kappa shape index (κ1) is 17.4. The Kier molecular flexibility index (Phi) is 6.52. The highest BCUT2D eigenvalue weighted by Crippen LogP contribution is 2.20. The van der Waals surface area contributed by atoms with Gasteiger partial charge in [0.05, 0.1) is 7.11 Å². The Balaban J connectivity index is 1.71. The summed E-state index contributed by atoms with van der Waals surface area (Å²) in [6.45, 7) is 2.51. The molecule has 126 valence electrons. The molecule has 1 aromatic carbocycles. The Bertz CT molecular complexity index is 542. The molecule has 0 radical (unpaired) electrons. The van der Waals surface area contributed by atoms with Crippen molar-refractivity contribution < 1.29 is 18.7 Å². The van der Waals surface area contributed by atoms with E-state index in [4.69, 9.17) is 0 Å². The van der Waals surface area contributed by atoms with Gasteiger partial charge in [-0.05, 0) is 57.1 Å². The fourth-order valence-corrected chi connectivity index (χ4v) is 2.78. The predicted molar refractivity (Wildman–Crippen MR) is 85.4 cm³/mol. The molecule has 0 bridgehead atoms. The molecule has 5 nitrogen and oxygen atoms in total. The SMILES string of the molecule is COC(=O)CCCN1CCC(C(=O)Nc2cccc(F)c2)CC1. The zero-order valence-corrected chi connectivity index (χ0v) is 13.4. The molecule has 0 aromatic heterocycles. The number of piperidine rings is 1. The van der Waals surface area contributed by atoms with Crippen LogP contribution >= 0.6 is 0 Å². The zero-order chi connectivity index (χ0) is 16.7. The summed E-state index contributed by atoms with van der Waals surface area (Å²) in [5.41, 5.74) is 0.496. The number of likely N-dealkylation sites (tertiary alicyclic amines) is 1. The fraction of sp³-hybridized carbons (Fsp3) is 0.529. The quantitative estimate of drug-likeness (QED) is 0.817. The zero-order valence-electron chi connectivity index (χ0n) is 13.4. The topological polar surface area (TPSA) is 58.6 Å². The number of esters is 1. The molecule has 6 heteroatoms. The summed E-state index contributed by atoms with van der Waals surface area (Å²) in [6, 6.07) is 5.93. The van der Waals surface area contributed by atoms with Crippen LogP contribution in [0.1, 0.15) is 25.7 Å². The summed E-state index contributed by atoms with van der Waals surface area (Å²) >= 11 is 0. The minimum atomic E-state index is -0.358. The lowest BCUT2D eigenvalue weighted by atomic mass is 9.95. The van der Waals surface area contributed by atoms with E-state index in [0.717, 1.165) is 38.9 Å². The van der Waals surface area contributed by atoms with Crippen LogP contribution in [0.4, 0.5) is 10.1 Å². The second-order valence-corrected chi connectivity index (χ2v) is 5.80. The maximum Gasteiger partial charge on any atom is 0.305 e. The Morgan fingerprint density at radius 3 is 2.74 bits per heavy atom. The van der Waals surface area contributed by atoms with Crippen LogP contribution in [0.15, 0.2) is 24.3 Å². The minimum Gasteiger partial charge on any atom is -0.469 e. The third-order valence-electron chi connectivity index (χ3n) is 4.13. The average Bonchev–Trinajstić information content (AvgIpc) is 2.55. The van der Waals surface area contributed by atoms with Crippen LogP contribution in [0, 0.1) is 11.7 Å². The number of amides is 1. The summed E-state index contributed by atoms with van der Waals surface area (Å²) in [7, 11) is 1.39. The number of hydrogen-bond acceptors (Lipinski definition) is 4. The van der Waals surface area contributed by atoms with Crippen molar-refractivity contribution in [1.82, 2.24) is 4.90 Å². The monoisotopic (exact) mass is 322 g/mol. The number of halogens is 1. The van der Waals surface area contributed by atoms with Crippen molar-refractivity contribution in [3.63, 3.8) is 0 Å². The van der Waals surface area contributed by atoms with E-state index in [2.05, 4.69) is 15.0 Å². The maximum atomic E-state index is 13.1. The van der Waals surface area contributed by atoms with Crippen LogP contribution in [-0.4, -0.2) is 43.5 Å². The van der Waals surface area contributed by atoms with E-state index >= 15 is 0 Å². The molecule has 0 atom stereocenters. The number of carbonyl (C=O) groups is 2. The third kappa shape index (κ3) is 5.63. The number of nitrogens with zero attached hydrogens (tertiary/aromatic N) is 1. The van der Waals surface area contributed by atoms with Gasteiger partial charge in [-0.15, -0.1) is 0 Å². The van der Waals surface area contributed by atoms with Gasteiger partial charge in [0.15, 0.2) is 0 Å². The number of benzene rings is 1. The van der Waals surface area contributed by atoms with E-state index in [1.165, 1.54) is 19.2 Å². The molecule has 1 amide bonds. The number of methoxy groups -OCH3 is 1. The molecular formula is C17H23FN2O3. The van der Waals surface area contributed by atoms with Crippen molar-refractivity contribution in [3.8, 4) is 0 Å². The van der Waals surface area contributed by atoms with Crippen LogP contribution in [0.5, 0.6) is 0 Å². The van der Waals surface area contributed by atoms with Crippen LogP contribution in [0.2, 0.25) is 0 Å². The summed E-state index contributed by atoms with van der Waals surface area (Å²) in [5.74, 6) is -0.641. The van der Waals surface area contributed by atoms with Gasteiger partial charge >= 0.3 is 5.97 Å². The summed E-state index contributed by atoms with van der Waals surface area (Å²) in [6.07, 6.45) is 2.75. The van der Waals surface area contributed by atoms with E-state index in [1.54, 1.807) is 12.1 Å². The molecule has 1 fully saturated rings. The van der Waals surface area contributed by atoms with Crippen molar-refractivity contribution in [3.05, 3.63) is 30.1 Å². The van der Waals surface area contributed by atoms with Gasteiger partial charge in [-0.25, -0.2) is 4.39 Å². The Hall–Kier alpha value is -1.95. The van der Waals surface area contributed by atoms with Crippen LogP contribution < -0.4 is 5.32 Å². The molecule has 0 unspecified atom stereocenters. The number of carbonyl (C=O) groups excluding carboxylic acids is 2. The molecule has 2 rings (SSSR count). The lowest BCUT2D eigenvalue weighted by Crippen LogP contribution is -2.38. The van der Waals surface area contributed by atoms with Gasteiger partial charge in [-0.1, -0.05) is 6.07 Å². The molecule has 1 aliphatic heterocycles. The molecular weight excluding hydrogens is 299 g/mol. The Morgan fingerprint density at radius 2 is 2.09 bits per heavy atom. The first-order valence-electron chi connectivity index (χ1n) is 7.94. The largest absolute Gasteiger partial charge is 0.469 e. The summed E-state index contributed by atoms with van der Waals surface area (Å²) < 4.78 is 17.7. The highest BCUT2D eigenvalue weighted by Gasteiger charge is 2.24. The van der Waals surface area contributed by atoms with Gasteiger partial charge in [0.2, 0.25) is 5.91 Å². The normalized spacial score (nSPS) is 16.1. The first-order chi connectivity index (χ1) is 11.1. The minimum absolute atomic E-state index is 0.0462. The molecule has 0 spiro atoms. The van der Waals surface area contributed by atoms with Crippen molar-refractivity contribution in [2.45, 2.75) is 25.7 Å². The molecule has 1 heterocycles. The van der Waals surface area contributed by atoms with E-state index in [-0.39, 0.29) is 23.6 Å². The van der Waals surface area contributed by atoms with Crippen molar-refractivity contribution >= 4 is 17.6 Å². The van der Waals surface area contributed by atoms with E-state index in [9.17, 15) is 14.0 Å². The van der Waals surface area contributed by atoms with Gasteiger partial charge in [0, 0.05) is 18.0 Å². The van der Waals surface area contributed by atoms with Gasteiger partial charge in [0.1, 0.15) is 5.82 Å². The first-order valence-corrected chi connectivity index (χ1v) is 7.94. The van der Waals surface area contributed by atoms with Gasteiger partial charge < -0.3 is 15.0 Å². The van der Waals surface area contributed by atoms with Gasteiger partial charge in [0.25, 0.3) is 0 Å². The van der Waals surface area contributed by atoms with Crippen molar-refractivity contribution in [2.24, 2.45) is 5.92 Å². The molecule has 1 aliphatic rings. The van der Waals surface area contributed by atoms with E-state index in [0.29, 0.717) is 12.1 Å². The number of rotatable bonds is 6. The highest BCUT2D eigenvalue weighted by molar-refractivity contribution is 5.92. The predicted octanol–water partition coefficient (Wildman–Crippen LogP) is 2.43. The lowest BCUT2D eigenvalue weighted by molar-refractivity contribution is -0.140. The number of nitrogens with one attached hydrogen (secondary N) is 1. The van der Waals surface area contributed by atoms with Crippen molar-refractivity contribution in [2.75, 3.05) is 32.1 Å².